The van der Waals surface area contributed by atoms with Crippen molar-refractivity contribution in [3.05, 3.63) is 12.7 Å². The summed E-state index contributed by atoms with van der Waals surface area (Å²) in [4.78, 5) is 70.5. The molecule has 4 N–H and O–H groups in total. The van der Waals surface area contributed by atoms with E-state index in [0.717, 1.165) is 38.5 Å². The van der Waals surface area contributed by atoms with Crippen molar-refractivity contribution in [2.24, 2.45) is 22.7 Å². The van der Waals surface area contributed by atoms with Crippen LogP contribution in [0.25, 0.3) is 0 Å². The summed E-state index contributed by atoms with van der Waals surface area (Å²) in [5.41, 5.74) is -1.97. The summed E-state index contributed by atoms with van der Waals surface area (Å²) in [5, 5.41) is 11.1. The molecule has 5 atom stereocenters. The molecule has 306 valence electrons. The van der Waals surface area contributed by atoms with Gasteiger partial charge >= 0.3 is 6.03 Å². The van der Waals surface area contributed by atoms with Gasteiger partial charge in [-0.15, -0.1) is 6.58 Å². The van der Waals surface area contributed by atoms with Crippen LogP contribution >= 0.6 is 0 Å². The van der Waals surface area contributed by atoms with Crippen LogP contribution in [0.4, 0.5) is 13.6 Å². The number of nitrogens with one attached hydrogen (secondary N) is 4. The van der Waals surface area contributed by atoms with Crippen molar-refractivity contribution >= 4 is 39.4 Å². The lowest BCUT2D eigenvalue weighted by Crippen LogP contribution is -2.65. The number of ketones is 1. The van der Waals surface area contributed by atoms with E-state index < -0.39 is 86.0 Å². The van der Waals surface area contributed by atoms with Crippen molar-refractivity contribution in [3.63, 3.8) is 0 Å². The third-order valence-electron chi connectivity index (χ3n) is 12.7. The predicted molar refractivity (Wildman–Crippen MR) is 202 cm³/mol. The van der Waals surface area contributed by atoms with Gasteiger partial charge in [0.2, 0.25) is 24.0 Å². The van der Waals surface area contributed by atoms with E-state index in [1.807, 2.05) is 20.8 Å². The van der Waals surface area contributed by atoms with Gasteiger partial charge in [0, 0.05) is 19.5 Å². The van der Waals surface area contributed by atoms with Crippen molar-refractivity contribution in [3.8, 4) is 0 Å². The second-order valence-electron chi connectivity index (χ2n) is 18.1. The van der Waals surface area contributed by atoms with Gasteiger partial charge in [-0.2, -0.15) is 0 Å². The smallest absolute Gasteiger partial charge is 0.315 e. The van der Waals surface area contributed by atoms with Gasteiger partial charge in [-0.1, -0.05) is 65.4 Å². The Balaban J connectivity index is 1.62. The summed E-state index contributed by atoms with van der Waals surface area (Å²) in [6.45, 7) is 14.6. The normalized spacial score (nSPS) is 25.4. The van der Waals surface area contributed by atoms with E-state index in [1.165, 1.54) is 11.0 Å². The lowest BCUT2D eigenvalue weighted by atomic mass is 9.70. The molecule has 1 aliphatic heterocycles. The number of Topliss-reactive ketones (excluding diaryl/α,β-unsaturated/α-hetero) is 1. The summed E-state index contributed by atoms with van der Waals surface area (Å²) >= 11 is 0. The molecule has 0 radical (unpaired) electrons. The third-order valence-corrected chi connectivity index (χ3v) is 15.5. The molecule has 1 saturated heterocycles. The van der Waals surface area contributed by atoms with Crippen LogP contribution in [0.1, 0.15) is 125 Å². The average Bonchev–Trinajstić information content (AvgIpc) is 3.38. The molecule has 54 heavy (non-hydrogen) atoms. The molecule has 4 aliphatic rings. The van der Waals surface area contributed by atoms with Crippen molar-refractivity contribution in [2.45, 2.75) is 160 Å². The van der Waals surface area contributed by atoms with Crippen molar-refractivity contribution < 1.29 is 41.2 Å². The minimum atomic E-state index is -3.61. The Labute approximate surface area is 320 Å². The number of hydrogen-bond acceptors (Lipinski definition) is 7. The first kappa shape index (κ1) is 43.6. The monoisotopic (exact) mass is 783 g/mol. The number of rotatable bonds is 16. The van der Waals surface area contributed by atoms with Crippen LogP contribution in [-0.2, 0) is 29.0 Å². The fourth-order valence-electron chi connectivity index (χ4n) is 9.10. The van der Waals surface area contributed by atoms with Crippen LogP contribution in [0.15, 0.2) is 12.7 Å². The summed E-state index contributed by atoms with van der Waals surface area (Å²) < 4.78 is 52.0. The van der Waals surface area contributed by atoms with Gasteiger partial charge in [-0.3, -0.25) is 19.2 Å². The molecule has 12 nitrogen and oxygen atoms in total. The minimum absolute atomic E-state index is 0.000618. The molecule has 0 unspecified atom stereocenters. The standard InChI is InChI=1S/C39H63F2N5O7S/c1-8-22-42-33(49)30(47)26(16-15-17-27(40)41)43-32(48)29-28-25(37(28,5)6)23-46(29)34(50)31(38(7)18-11-9-12-19-38)44-35(51)45-39(20-13-10-14-21-39)24-54(52,53)36(2,3)4/h8,25-29,31H,1,9-24H2,2-7H3,(H,42,49)(H,43,48)(H2,44,45,51)/t25-,26-,28-,29-,31+/m0/s1. The number of amides is 5. The Morgan fingerprint density at radius 1 is 0.907 bits per heavy atom. The average molecular weight is 784 g/mol. The van der Waals surface area contributed by atoms with E-state index in [9.17, 15) is 41.2 Å². The summed E-state index contributed by atoms with van der Waals surface area (Å²) in [5.74, 6) is -3.58. The fourth-order valence-corrected chi connectivity index (χ4v) is 10.6. The lowest BCUT2D eigenvalue weighted by Gasteiger charge is -2.44. The van der Waals surface area contributed by atoms with Gasteiger partial charge < -0.3 is 26.2 Å². The molecule has 3 saturated carbocycles. The van der Waals surface area contributed by atoms with Gasteiger partial charge in [0.05, 0.1) is 22.1 Å². The minimum Gasteiger partial charge on any atom is -0.346 e. The highest BCUT2D eigenvalue weighted by molar-refractivity contribution is 7.92. The van der Waals surface area contributed by atoms with Crippen LogP contribution in [0.2, 0.25) is 0 Å². The molecule has 5 amide bonds. The number of carbonyl (C=O) groups excluding carboxylic acids is 5. The van der Waals surface area contributed by atoms with Crippen molar-refractivity contribution in [1.82, 2.24) is 26.2 Å². The molecule has 0 aromatic heterocycles. The molecular formula is C39H63F2N5O7S. The number of nitrogens with zero attached hydrogens (tertiary/aromatic N) is 1. The number of likely N-dealkylation sites (tertiary alicyclic amines) is 1. The number of urea groups is 1. The Morgan fingerprint density at radius 2 is 1.50 bits per heavy atom. The Bertz CT molecular complexity index is 1530. The maximum absolute atomic E-state index is 14.9. The van der Waals surface area contributed by atoms with Crippen molar-refractivity contribution in [2.75, 3.05) is 18.8 Å². The first-order valence-corrected chi connectivity index (χ1v) is 21.4. The zero-order chi connectivity index (χ0) is 40.3. The molecule has 0 aromatic carbocycles. The summed E-state index contributed by atoms with van der Waals surface area (Å²) in [7, 11) is -3.61. The van der Waals surface area contributed by atoms with E-state index >= 15 is 0 Å². The van der Waals surface area contributed by atoms with Crippen LogP contribution < -0.4 is 21.3 Å². The zero-order valence-electron chi connectivity index (χ0n) is 33.0. The SMILES string of the molecule is C=CCNC(=O)C(=O)[C@H](CCCC(F)F)NC(=O)[C@@H]1[C@@H]2[C@H](CN1C(=O)[C@@H](NC(=O)NC1(CS(=O)(=O)C(C)(C)C)CCCCC1)C1(C)CCCCC1)C2(C)C. The van der Waals surface area contributed by atoms with E-state index in [1.54, 1.807) is 20.8 Å². The molecule has 3 aliphatic carbocycles. The molecule has 1 heterocycles. The zero-order valence-corrected chi connectivity index (χ0v) is 33.8. The fraction of sp³-hybridized carbons (Fsp3) is 0.821. The number of carbonyl (C=O) groups is 5. The molecule has 0 bridgehead atoms. The van der Waals surface area contributed by atoms with Gasteiger partial charge in [0.1, 0.15) is 12.1 Å². The van der Waals surface area contributed by atoms with E-state index in [0.29, 0.717) is 25.7 Å². The van der Waals surface area contributed by atoms with Gasteiger partial charge in [-0.25, -0.2) is 22.0 Å². The van der Waals surface area contributed by atoms with Gasteiger partial charge in [0.15, 0.2) is 9.84 Å². The Kier molecular flexibility index (Phi) is 13.7. The second-order valence-corrected chi connectivity index (χ2v) is 20.8. The predicted octanol–water partition coefficient (Wildman–Crippen LogP) is 4.82. The van der Waals surface area contributed by atoms with E-state index in [2.05, 4.69) is 27.8 Å². The first-order chi connectivity index (χ1) is 25.1. The molecule has 4 rings (SSSR count). The first-order valence-electron chi connectivity index (χ1n) is 19.7. The largest absolute Gasteiger partial charge is 0.346 e. The number of sulfone groups is 1. The topological polar surface area (TPSA) is 171 Å². The maximum Gasteiger partial charge on any atom is 0.315 e. The second kappa shape index (κ2) is 17.0. The quantitative estimate of drug-likeness (QED) is 0.129. The summed E-state index contributed by atoms with van der Waals surface area (Å²) in [6.07, 6.45) is 5.30. The van der Waals surface area contributed by atoms with Crippen molar-refractivity contribution in [1.29, 1.82) is 0 Å². The van der Waals surface area contributed by atoms with E-state index in [4.69, 9.17) is 0 Å². The Morgan fingerprint density at radius 3 is 2.06 bits per heavy atom. The van der Waals surface area contributed by atoms with Crippen LogP contribution in [0, 0.1) is 22.7 Å². The highest BCUT2D eigenvalue weighted by Crippen LogP contribution is 2.65. The Hall–Kier alpha value is -3.10. The third kappa shape index (κ3) is 9.82. The van der Waals surface area contributed by atoms with Crippen LogP contribution in [0.3, 0.4) is 0 Å². The lowest BCUT2D eigenvalue weighted by molar-refractivity contribution is -0.146. The molecule has 15 heteroatoms. The summed E-state index contributed by atoms with van der Waals surface area (Å²) in [6, 6.07) is -4.08. The maximum atomic E-state index is 14.9. The number of alkyl halides is 2. The van der Waals surface area contributed by atoms with Gasteiger partial charge in [-0.05, 0) is 82.0 Å². The highest BCUT2D eigenvalue weighted by atomic mass is 32.2. The molecule has 0 aromatic rings. The van der Waals surface area contributed by atoms with E-state index in [-0.39, 0.29) is 48.9 Å². The number of piperidine rings is 1. The number of hydrogen-bond donors (Lipinski definition) is 4. The molecule has 0 spiro atoms. The number of halogens is 2. The van der Waals surface area contributed by atoms with Gasteiger partial charge in [0.25, 0.3) is 5.91 Å². The van der Waals surface area contributed by atoms with Crippen LogP contribution in [-0.4, -0.2) is 96.5 Å². The number of fused-ring (bicyclic) bond motifs is 1. The highest BCUT2D eigenvalue weighted by Gasteiger charge is 2.70. The molecular weight excluding hydrogens is 721 g/mol. The molecule has 4 fully saturated rings. The van der Waals surface area contributed by atoms with Crippen LogP contribution in [0.5, 0.6) is 0 Å².